The normalized spacial score (nSPS) is 11.8. The van der Waals surface area contributed by atoms with Crippen LogP contribution in [0, 0.1) is 0 Å². The Morgan fingerprint density at radius 1 is 1.21 bits per heavy atom. The SMILES string of the molecule is CCCNC(=S)N[C@@H](c1ccccc1)c1ccco1. The molecule has 0 radical (unpaired) electrons. The van der Waals surface area contributed by atoms with Gasteiger partial charge in [0.25, 0.3) is 0 Å². The van der Waals surface area contributed by atoms with Crippen molar-refractivity contribution in [2.75, 3.05) is 6.54 Å². The van der Waals surface area contributed by atoms with Crippen LogP contribution in [0.1, 0.15) is 30.7 Å². The largest absolute Gasteiger partial charge is 0.467 e. The van der Waals surface area contributed by atoms with Crippen molar-refractivity contribution in [3.63, 3.8) is 0 Å². The van der Waals surface area contributed by atoms with Gasteiger partial charge in [-0.05, 0) is 36.3 Å². The van der Waals surface area contributed by atoms with Crippen LogP contribution in [0.2, 0.25) is 0 Å². The first-order chi connectivity index (χ1) is 9.31. The van der Waals surface area contributed by atoms with Crippen LogP contribution in [0.5, 0.6) is 0 Å². The van der Waals surface area contributed by atoms with Crippen molar-refractivity contribution in [1.29, 1.82) is 0 Å². The first-order valence-corrected chi connectivity index (χ1v) is 6.84. The molecule has 2 rings (SSSR count). The van der Waals surface area contributed by atoms with Gasteiger partial charge in [0, 0.05) is 6.54 Å². The summed E-state index contributed by atoms with van der Waals surface area (Å²) in [7, 11) is 0. The van der Waals surface area contributed by atoms with Crippen LogP contribution in [-0.2, 0) is 0 Å². The lowest BCUT2D eigenvalue weighted by atomic mass is 10.1. The van der Waals surface area contributed by atoms with Crippen LogP contribution in [-0.4, -0.2) is 11.7 Å². The highest BCUT2D eigenvalue weighted by atomic mass is 32.1. The van der Waals surface area contributed by atoms with Crippen LogP contribution >= 0.6 is 12.2 Å². The van der Waals surface area contributed by atoms with Crippen molar-refractivity contribution in [3.05, 3.63) is 60.1 Å². The molecule has 0 saturated heterocycles. The van der Waals surface area contributed by atoms with Gasteiger partial charge < -0.3 is 15.1 Å². The number of nitrogens with one attached hydrogen (secondary N) is 2. The van der Waals surface area contributed by atoms with E-state index in [2.05, 4.69) is 29.7 Å². The molecule has 0 unspecified atom stereocenters. The van der Waals surface area contributed by atoms with E-state index >= 15 is 0 Å². The fraction of sp³-hybridized carbons (Fsp3) is 0.267. The molecular formula is C15H18N2OS. The second-order valence-electron chi connectivity index (χ2n) is 4.26. The number of thiocarbonyl (C=S) groups is 1. The van der Waals surface area contributed by atoms with E-state index in [1.165, 1.54) is 0 Å². The van der Waals surface area contributed by atoms with Crippen molar-refractivity contribution in [2.45, 2.75) is 19.4 Å². The van der Waals surface area contributed by atoms with Gasteiger partial charge in [0.2, 0.25) is 0 Å². The van der Waals surface area contributed by atoms with E-state index in [1.807, 2.05) is 30.3 Å². The fourth-order valence-electron chi connectivity index (χ4n) is 1.84. The molecule has 2 aromatic rings. The molecule has 1 heterocycles. The standard InChI is InChI=1S/C15H18N2OS/c1-2-10-16-15(19)17-14(13-9-6-11-18-13)12-7-4-3-5-8-12/h3-9,11,14H,2,10H2,1H3,(H2,16,17,19)/t14-/m0/s1. The Labute approximate surface area is 119 Å². The maximum Gasteiger partial charge on any atom is 0.167 e. The summed E-state index contributed by atoms with van der Waals surface area (Å²) in [6.45, 7) is 2.97. The number of furan rings is 1. The quantitative estimate of drug-likeness (QED) is 0.821. The Morgan fingerprint density at radius 2 is 2.00 bits per heavy atom. The average Bonchev–Trinajstić information content (AvgIpc) is 2.97. The maximum atomic E-state index is 5.51. The minimum atomic E-state index is -0.0620. The zero-order chi connectivity index (χ0) is 13.5. The summed E-state index contributed by atoms with van der Waals surface area (Å²) in [4.78, 5) is 0. The topological polar surface area (TPSA) is 37.2 Å². The molecule has 1 atom stereocenters. The summed E-state index contributed by atoms with van der Waals surface area (Å²) in [5, 5.41) is 7.12. The summed E-state index contributed by atoms with van der Waals surface area (Å²) in [5.74, 6) is 0.854. The third-order valence-corrected chi connectivity index (χ3v) is 3.03. The molecule has 0 bridgehead atoms. The van der Waals surface area contributed by atoms with E-state index in [4.69, 9.17) is 16.6 Å². The second-order valence-corrected chi connectivity index (χ2v) is 4.67. The summed E-state index contributed by atoms with van der Waals surface area (Å²) < 4.78 is 5.51. The van der Waals surface area contributed by atoms with Crippen molar-refractivity contribution < 1.29 is 4.42 Å². The van der Waals surface area contributed by atoms with Crippen molar-refractivity contribution >= 4 is 17.3 Å². The first kappa shape index (κ1) is 13.6. The smallest absolute Gasteiger partial charge is 0.167 e. The third-order valence-electron chi connectivity index (χ3n) is 2.77. The van der Waals surface area contributed by atoms with Crippen LogP contribution in [0.15, 0.2) is 53.1 Å². The zero-order valence-corrected chi connectivity index (χ0v) is 11.7. The number of hydrogen-bond donors (Lipinski definition) is 2. The predicted molar refractivity (Wildman–Crippen MR) is 81.0 cm³/mol. The number of benzene rings is 1. The summed E-state index contributed by atoms with van der Waals surface area (Å²) in [5.41, 5.74) is 1.12. The first-order valence-electron chi connectivity index (χ1n) is 6.44. The second kappa shape index (κ2) is 6.95. The zero-order valence-electron chi connectivity index (χ0n) is 10.9. The summed E-state index contributed by atoms with van der Waals surface area (Å²) >= 11 is 5.31. The summed E-state index contributed by atoms with van der Waals surface area (Å²) in [6.07, 6.45) is 2.72. The number of hydrogen-bond acceptors (Lipinski definition) is 2. The van der Waals surface area contributed by atoms with Gasteiger partial charge in [-0.25, -0.2) is 0 Å². The van der Waals surface area contributed by atoms with E-state index in [0.29, 0.717) is 5.11 Å². The molecule has 0 fully saturated rings. The molecule has 0 spiro atoms. The summed E-state index contributed by atoms with van der Waals surface area (Å²) in [6, 6.07) is 13.9. The Balaban J connectivity index is 2.14. The van der Waals surface area contributed by atoms with E-state index < -0.39 is 0 Å². The van der Waals surface area contributed by atoms with E-state index in [0.717, 1.165) is 24.3 Å². The van der Waals surface area contributed by atoms with Crippen LogP contribution in [0.4, 0.5) is 0 Å². The minimum absolute atomic E-state index is 0.0620. The third kappa shape index (κ3) is 3.83. The lowest BCUT2D eigenvalue weighted by Gasteiger charge is -2.19. The maximum absolute atomic E-state index is 5.51. The molecule has 0 saturated carbocycles. The Morgan fingerprint density at radius 3 is 2.63 bits per heavy atom. The molecule has 0 aliphatic heterocycles. The highest BCUT2D eigenvalue weighted by molar-refractivity contribution is 7.80. The Bertz CT molecular complexity index is 496. The fourth-order valence-corrected chi connectivity index (χ4v) is 2.06. The Hall–Kier alpha value is -1.81. The highest BCUT2D eigenvalue weighted by Gasteiger charge is 2.17. The lowest BCUT2D eigenvalue weighted by Crippen LogP contribution is -2.38. The van der Waals surface area contributed by atoms with Crippen molar-refractivity contribution in [3.8, 4) is 0 Å². The number of rotatable bonds is 5. The average molecular weight is 274 g/mol. The van der Waals surface area contributed by atoms with Gasteiger partial charge in [0.05, 0.1) is 6.26 Å². The molecule has 1 aromatic heterocycles. The van der Waals surface area contributed by atoms with E-state index in [-0.39, 0.29) is 6.04 Å². The van der Waals surface area contributed by atoms with Gasteiger partial charge in [-0.3, -0.25) is 0 Å². The Kier molecular flexibility index (Phi) is 4.98. The van der Waals surface area contributed by atoms with Crippen molar-refractivity contribution in [1.82, 2.24) is 10.6 Å². The van der Waals surface area contributed by atoms with Gasteiger partial charge in [-0.2, -0.15) is 0 Å². The molecule has 0 aliphatic carbocycles. The van der Waals surface area contributed by atoms with Crippen molar-refractivity contribution in [2.24, 2.45) is 0 Å². The van der Waals surface area contributed by atoms with Crippen LogP contribution in [0.25, 0.3) is 0 Å². The molecule has 19 heavy (non-hydrogen) atoms. The molecular weight excluding hydrogens is 256 g/mol. The van der Waals surface area contributed by atoms with Crippen LogP contribution < -0.4 is 10.6 Å². The van der Waals surface area contributed by atoms with Gasteiger partial charge >= 0.3 is 0 Å². The van der Waals surface area contributed by atoms with E-state index in [1.54, 1.807) is 6.26 Å². The van der Waals surface area contributed by atoms with Gasteiger partial charge in [-0.1, -0.05) is 37.3 Å². The molecule has 4 heteroatoms. The van der Waals surface area contributed by atoms with E-state index in [9.17, 15) is 0 Å². The monoisotopic (exact) mass is 274 g/mol. The lowest BCUT2D eigenvalue weighted by molar-refractivity contribution is 0.474. The molecule has 0 amide bonds. The molecule has 2 N–H and O–H groups in total. The molecule has 3 nitrogen and oxygen atoms in total. The van der Waals surface area contributed by atoms with Gasteiger partial charge in [0.15, 0.2) is 5.11 Å². The minimum Gasteiger partial charge on any atom is -0.467 e. The molecule has 1 aromatic carbocycles. The highest BCUT2D eigenvalue weighted by Crippen LogP contribution is 2.22. The molecule has 0 aliphatic rings. The van der Waals surface area contributed by atoms with Gasteiger partial charge in [-0.15, -0.1) is 0 Å². The van der Waals surface area contributed by atoms with Gasteiger partial charge in [0.1, 0.15) is 11.8 Å². The van der Waals surface area contributed by atoms with Crippen LogP contribution in [0.3, 0.4) is 0 Å². The molecule has 100 valence electrons. The predicted octanol–water partition coefficient (Wildman–Crippen LogP) is 3.24.